The average molecular weight is 343 g/mol. The lowest BCUT2D eigenvalue weighted by molar-refractivity contribution is -0.130. The van der Waals surface area contributed by atoms with Crippen LogP contribution in [0.15, 0.2) is 46.6 Å². The smallest absolute Gasteiger partial charge is 0.329 e. The summed E-state index contributed by atoms with van der Waals surface area (Å²) in [7, 11) is 1.81. The molecule has 0 aliphatic rings. The molecule has 1 aromatic carbocycles. The van der Waals surface area contributed by atoms with Gasteiger partial charge in [0.2, 0.25) is 5.91 Å². The molecule has 1 amide bonds. The molecule has 0 unspecified atom stereocenters. The normalized spacial score (nSPS) is 11.1. The molecule has 0 fully saturated rings. The molecule has 2 aromatic heterocycles. The van der Waals surface area contributed by atoms with E-state index in [-0.39, 0.29) is 11.6 Å². The van der Waals surface area contributed by atoms with Crippen LogP contribution in [0.3, 0.4) is 0 Å². The first-order valence-corrected chi connectivity index (χ1v) is 8.94. The number of benzene rings is 1. The van der Waals surface area contributed by atoms with Gasteiger partial charge in [0.25, 0.3) is 0 Å². The van der Waals surface area contributed by atoms with Gasteiger partial charge in [0.05, 0.1) is 17.6 Å². The van der Waals surface area contributed by atoms with Crippen molar-refractivity contribution in [1.29, 1.82) is 0 Å². The fraction of sp³-hybridized carbons (Fsp3) is 0.333. The van der Waals surface area contributed by atoms with Gasteiger partial charge in [-0.1, -0.05) is 18.2 Å². The predicted octanol–water partition coefficient (Wildman–Crippen LogP) is 2.93. The number of carbonyl (C=O) groups excluding carboxylic acids is 1. The molecule has 2 heterocycles. The van der Waals surface area contributed by atoms with Crippen LogP contribution in [0.4, 0.5) is 0 Å². The number of fused-ring (bicyclic) bond motifs is 1. The zero-order chi connectivity index (χ0) is 17.1. The van der Waals surface area contributed by atoms with Crippen LogP contribution < -0.4 is 5.69 Å². The minimum Gasteiger partial charge on any atom is -0.341 e. The molecule has 0 atom stereocenters. The van der Waals surface area contributed by atoms with Crippen LogP contribution in [0.25, 0.3) is 11.0 Å². The molecule has 6 heteroatoms. The number of nitrogens with zero attached hydrogens (tertiary/aromatic N) is 3. The van der Waals surface area contributed by atoms with Crippen LogP contribution in [0.2, 0.25) is 0 Å². The Balaban J connectivity index is 1.75. The summed E-state index contributed by atoms with van der Waals surface area (Å²) in [4.78, 5) is 27.8. The highest BCUT2D eigenvalue weighted by Crippen LogP contribution is 2.14. The molecule has 126 valence electrons. The maximum atomic E-state index is 12.6. The van der Waals surface area contributed by atoms with E-state index < -0.39 is 0 Å². The van der Waals surface area contributed by atoms with Crippen molar-refractivity contribution >= 4 is 28.3 Å². The number of aromatic nitrogens is 2. The largest absolute Gasteiger partial charge is 0.341 e. The van der Waals surface area contributed by atoms with Crippen LogP contribution >= 0.6 is 11.3 Å². The summed E-state index contributed by atoms with van der Waals surface area (Å²) >= 11 is 1.64. The summed E-state index contributed by atoms with van der Waals surface area (Å²) in [5.41, 5.74) is 1.76. The number of amides is 1. The van der Waals surface area contributed by atoms with Crippen molar-refractivity contribution in [3.05, 3.63) is 57.1 Å². The molecule has 0 spiro atoms. The van der Waals surface area contributed by atoms with Crippen LogP contribution in [-0.4, -0.2) is 27.0 Å². The van der Waals surface area contributed by atoms with Crippen LogP contribution in [0.5, 0.6) is 0 Å². The van der Waals surface area contributed by atoms with Gasteiger partial charge >= 0.3 is 5.69 Å². The SMILES string of the molecule is CCn1c(=O)n(CCC(=O)N(C)Cc2cccs2)c2ccccc21. The molecule has 0 radical (unpaired) electrons. The van der Waals surface area contributed by atoms with Crippen molar-refractivity contribution in [2.45, 2.75) is 33.0 Å². The Morgan fingerprint density at radius 2 is 1.83 bits per heavy atom. The number of hydrogen-bond acceptors (Lipinski definition) is 3. The van der Waals surface area contributed by atoms with E-state index in [9.17, 15) is 9.59 Å². The Morgan fingerprint density at radius 1 is 1.12 bits per heavy atom. The van der Waals surface area contributed by atoms with Crippen molar-refractivity contribution < 1.29 is 4.79 Å². The van der Waals surface area contributed by atoms with Gasteiger partial charge in [-0.2, -0.15) is 0 Å². The number of thiophene rings is 1. The average Bonchev–Trinajstić information content (AvgIpc) is 3.18. The fourth-order valence-electron chi connectivity index (χ4n) is 2.92. The van der Waals surface area contributed by atoms with Gasteiger partial charge in [-0.3, -0.25) is 13.9 Å². The van der Waals surface area contributed by atoms with Crippen LogP contribution in [-0.2, 0) is 24.4 Å². The van der Waals surface area contributed by atoms with Gasteiger partial charge in [-0.05, 0) is 30.5 Å². The summed E-state index contributed by atoms with van der Waals surface area (Å²) in [6.45, 7) is 3.60. The first-order chi connectivity index (χ1) is 11.6. The van der Waals surface area contributed by atoms with Crippen molar-refractivity contribution in [1.82, 2.24) is 14.0 Å². The summed E-state index contributed by atoms with van der Waals surface area (Å²) in [6.07, 6.45) is 0.319. The highest BCUT2D eigenvalue weighted by Gasteiger charge is 2.14. The van der Waals surface area contributed by atoms with E-state index in [4.69, 9.17) is 0 Å². The lowest BCUT2D eigenvalue weighted by atomic mass is 10.3. The zero-order valence-electron chi connectivity index (χ0n) is 13.9. The number of rotatable bonds is 6. The summed E-state index contributed by atoms with van der Waals surface area (Å²) in [5.74, 6) is 0.0450. The van der Waals surface area contributed by atoms with Crippen molar-refractivity contribution in [3.8, 4) is 0 Å². The third-order valence-electron chi connectivity index (χ3n) is 4.19. The van der Waals surface area contributed by atoms with Gasteiger partial charge in [0, 0.05) is 31.4 Å². The Bertz CT molecular complexity index is 893. The van der Waals surface area contributed by atoms with Crippen LogP contribution in [0.1, 0.15) is 18.2 Å². The number of carbonyl (C=O) groups is 1. The monoisotopic (exact) mass is 343 g/mol. The van der Waals surface area contributed by atoms with Crippen molar-refractivity contribution in [2.75, 3.05) is 7.05 Å². The molecule has 0 saturated heterocycles. The van der Waals surface area contributed by atoms with E-state index in [1.165, 1.54) is 0 Å². The van der Waals surface area contributed by atoms with Gasteiger partial charge in [0.1, 0.15) is 0 Å². The van der Waals surface area contributed by atoms with Gasteiger partial charge in [-0.15, -0.1) is 11.3 Å². The van der Waals surface area contributed by atoms with Crippen LogP contribution in [0, 0.1) is 0 Å². The van der Waals surface area contributed by atoms with E-state index in [0.29, 0.717) is 26.1 Å². The molecular weight excluding hydrogens is 322 g/mol. The highest BCUT2D eigenvalue weighted by molar-refractivity contribution is 7.09. The van der Waals surface area contributed by atoms with E-state index in [2.05, 4.69) is 0 Å². The molecule has 3 rings (SSSR count). The number of para-hydroxylation sites is 2. The highest BCUT2D eigenvalue weighted by atomic mass is 32.1. The second-order valence-corrected chi connectivity index (χ2v) is 6.78. The van der Waals surface area contributed by atoms with Gasteiger partial charge in [0.15, 0.2) is 0 Å². The van der Waals surface area contributed by atoms with Crippen molar-refractivity contribution in [3.63, 3.8) is 0 Å². The second-order valence-electron chi connectivity index (χ2n) is 5.75. The molecule has 24 heavy (non-hydrogen) atoms. The Labute approximate surface area is 144 Å². The molecule has 0 aliphatic heterocycles. The summed E-state index contributed by atoms with van der Waals surface area (Å²) in [6, 6.07) is 11.7. The summed E-state index contributed by atoms with van der Waals surface area (Å²) in [5, 5.41) is 2.01. The maximum Gasteiger partial charge on any atom is 0.329 e. The first-order valence-electron chi connectivity index (χ1n) is 8.06. The molecule has 0 bridgehead atoms. The van der Waals surface area contributed by atoms with E-state index in [0.717, 1.165) is 15.9 Å². The van der Waals surface area contributed by atoms with Gasteiger partial charge < -0.3 is 4.90 Å². The molecule has 0 aliphatic carbocycles. The maximum absolute atomic E-state index is 12.6. The molecule has 0 saturated carbocycles. The first kappa shape index (κ1) is 16.5. The van der Waals surface area contributed by atoms with Gasteiger partial charge in [-0.25, -0.2) is 4.79 Å². The predicted molar refractivity (Wildman–Crippen MR) is 97.3 cm³/mol. The second kappa shape index (κ2) is 7.05. The summed E-state index contributed by atoms with van der Waals surface area (Å²) < 4.78 is 3.45. The number of aryl methyl sites for hydroxylation is 2. The standard InChI is InChI=1S/C18H21N3O2S/c1-3-20-15-8-4-5-9-16(15)21(18(20)23)11-10-17(22)19(2)13-14-7-6-12-24-14/h4-9,12H,3,10-11,13H2,1-2H3. The topological polar surface area (TPSA) is 47.2 Å². The van der Waals surface area contributed by atoms with E-state index >= 15 is 0 Å². The quantitative estimate of drug-likeness (QED) is 0.691. The Kier molecular flexibility index (Phi) is 4.85. The minimum atomic E-state index is -0.0487. The van der Waals surface area contributed by atoms with E-state index in [1.807, 2.05) is 48.7 Å². The number of imidazole rings is 1. The fourth-order valence-corrected chi connectivity index (χ4v) is 3.67. The Morgan fingerprint density at radius 3 is 2.46 bits per heavy atom. The third kappa shape index (κ3) is 3.14. The zero-order valence-corrected chi connectivity index (χ0v) is 14.8. The lowest BCUT2D eigenvalue weighted by Crippen LogP contribution is -2.29. The molecule has 0 N–H and O–H groups in total. The lowest BCUT2D eigenvalue weighted by Gasteiger charge is -2.16. The number of hydrogen-bond donors (Lipinski definition) is 0. The third-order valence-corrected chi connectivity index (χ3v) is 5.05. The molecule has 3 aromatic rings. The van der Waals surface area contributed by atoms with Crippen molar-refractivity contribution in [2.24, 2.45) is 0 Å². The molecule has 5 nitrogen and oxygen atoms in total. The molecular formula is C18H21N3O2S. The Hall–Kier alpha value is -2.34. The van der Waals surface area contributed by atoms with E-state index in [1.54, 1.807) is 32.4 Å². The minimum absolute atomic E-state index is 0.0450.